The van der Waals surface area contributed by atoms with Crippen molar-refractivity contribution in [1.82, 2.24) is 9.97 Å². The van der Waals surface area contributed by atoms with Crippen molar-refractivity contribution >= 4 is 34.3 Å². The van der Waals surface area contributed by atoms with Crippen molar-refractivity contribution < 1.29 is 4.74 Å². The molecule has 130 valence electrons. The highest BCUT2D eigenvalue weighted by molar-refractivity contribution is 6.30. The summed E-state index contributed by atoms with van der Waals surface area (Å²) >= 11 is 5.97. The fourth-order valence-electron chi connectivity index (χ4n) is 2.64. The minimum absolute atomic E-state index is 0.646. The van der Waals surface area contributed by atoms with Gasteiger partial charge in [-0.25, -0.2) is 4.98 Å². The molecular formula is C20H17ClN4O. The standard InChI is InChI=1S/C20H17ClN4O/c21-14-2-1-3-17(10-14)26-16-7-4-13(5-8-16)12-23-20-24-18-9-6-15(22)11-19(18)25-20/h1-11H,12,22H2,(H2,23,24,25). The molecule has 0 radical (unpaired) electrons. The summed E-state index contributed by atoms with van der Waals surface area (Å²) in [4.78, 5) is 7.71. The van der Waals surface area contributed by atoms with Crippen LogP contribution in [0.15, 0.2) is 66.7 Å². The molecule has 6 heteroatoms. The van der Waals surface area contributed by atoms with Crippen molar-refractivity contribution in [1.29, 1.82) is 0 Å². The van der Waals surface area contributed by atoms with E-state index in [-0.39, 0.29) is 0 Å². The first kappa shape index (κ1) is 16.3. The third-order valence-corrected chi connectivity index (χ3v) is 4.16. The number of nitrogen functional groups attached to an aromatic ring is 1. The Morgan fingerprint density at radius 1 is 1.00 bits per heavy atom. The predicted molar refractivity (Wildman–Crippen MR) is 106 cm³/mol. The zero-order chi connectivity index (χ0) is 17.9. The van der Waals surface area contributed by atoms with Crippen LogP contribution in [0.2, 0.25) is 5.02 Å². The molecule has 0 spiro atoms. The fraction of sp³-hybridized carbons (Fsp3) is 0.0500. The van der Waals surface area contributed by atoms with Gasteiger partial charge in [-0.05, 0) is 54.1 Å². The van der Waals surface area contributed by atoms with Crippen LogP contribution in [-0.4, -0.2) is 9.97 Å². The molecule has 1 heterocycles. The molecule has 3 aromatic carbocycles. The molecule has 1 aromatic heterocycles. The van der Waals surface area contributed by atoms with Crippen LogP contribution < -0.4 is 15.8 Å². The van der Waals surface area contributed by atoms with Gasteiger partial charge < -0.3 is 20.8 Å². The van der Waals surface area contributed by atoms with E-state index in [1.807, 2.05) is 60.7 Å². The Kier molecular flexibility index (Phi) is 4.37. The van der Waals surface area contributed by atoms with E-state index in [0.717, 1.165) is 22.3 Å². The predicted octanol–water partition coefficient (Wildman–Crippen LogP) is 5.20. The number of hydrogen-bond donors (Lipinski definition) is 3. The van der Waals surface area contributed by atoms with Crippen LogP contribution >= 0.6 is 11.6 Å². The number of nitrogens with zero attached hydrogens (tertiary/aromatic N) is 1. The monoisotopic (exact) mass is 364 g/mol. The quantitative estimate of drug-likeness (QED) is 0.425. The van der Waals surface area contributed by atoms with Crippen molar-refractivity contribution in [2.75, 3.05) is 11.1 Å². The number of anilines is 2. The average molecular weight is 365 g/mol. The van der Waals surface area contributed by atoms with Crippen LogP contribution in [0.3, 0.4) is 0 Å². The lowest BCUT2D eigenvalue weighted by Gasteiger charge is -2.07. The molecule has 0 saturated carbocycles. The number of nitrogens with two attached hydrogens (primary N) is 1. The lowest BCUT2D eigenvalue weighted by atomic mass is 10.2. The number of H-pyrrole nitrogens is 1. The maximum Gasteiger partial charge on any atom is 0.201 e. The normalized spacial score (nSPS) is 10.8. The van der Waals surface area contributed by atoms with Crippen molar-refractivity contribution in [2.24, 2.45) is 0 Å². The summed E-state index contributed by atoms with van der Waals surface area (Å²) in [6, 6.07) is 20.8. The van der Waals surface area contributed by atoms with Crippen molar-refractivity contribution in [3.05, 3.63) is 77.3 Å². The molecule has 0 aliphatic heterocycles. The molecule has 0 fully saturated rings. The average Bonchev–Trinajstić information content (AvgIpc) is 3.03. The lowest BCUT2D eigenvalue weighted by molar-refractivity contribution is 0.482. The minimum atomic E-state index is 0.646. The number of fused-ring (bicyclic) bond motifs is 1. The van der Waals surface area contributed by atoms with Gasteiger partial charge in [0, 0.05) is 17.3 Å². The minimum Gasteiger partial charge on any atom is -0.457 e. The van der Waals surface area contributed by atoms with Gasteiger partial charge in [-0.2, -0.15) is 0 Å². The molecule has 0 amide bonds. The van der Waals surface area contributed by atoms with E-state index in [1.54, 1.807) is 6.07 Å². The molecular weight excluding hydrogens is 348 g/mol. The SMILES string of the molecule is Nc1ccc2nc(NCc3ccc(Oc4cccc(Cl)c4)cc3)[nH]c2c1. The van der Waals surface area contributed by atoms with Crippen molar-refractivity contribution in [3.8, 4) is 11.5 Å². The highest BCUT2D eigenvalue weighted by atomic mass is 35.5. The number of ether oxygens (including phenoxy) is 1. The number of imidazole rings is 1. The summed E-state index contributed by atoms with van der Waals surface area (Å²) < 4.78 is 5.79. The van der Waals surface area contributed by atoms with E-state index >= 15 is 0 Å². The van der Waals surface area contributed by atoms with Crippen LogP contribution in [0.5, 0.6) is 11.5 Å². The van der Waals surface area contributed by atoms with Crippen LogP contribution in [-0.2, 0) is 6.54 Å². The molecule has 0 bridgehead atoms. The second kappa shape index (κ2) is 6.98. The van der Waals surface area contributed by atoms with Crippen molar-refractivity contribution in [2.45, 2.75) is 6.54 Å². The molecule has 0 aliphatic carbocycles. The summed E-state index contributed by atoms with van der Waals surface area (Å²) in [5, 5.41) is 3.93. The van der Waals surface area contributed by atoms with Gasteiger partial charge in [-0.15, -0.1) is 0 Å². The zero-order valence-corrected chi connectivity index (χ0v) is 14.6. The van der Waals surface area contributed by atoms with E-state index in [1.165, 1.54) is 0 Å². The van der Waals surface area contributed by atoms with E-state index in [4.69, 9.17) is 22.1 Å². The van der Waals surface area contributed by atoms with Gasteiger partial charge in [-0.1, -0.05) is 29.8 Å². The summed E-state index contributed by atoms with van der Waals surface area (Å²) in [5.74, 6) is 2.19. The summed E-state index contributed by atoms with van der Waals surface area (Å²) in [7, 11) is 0. The van der Waals surface area contributed by atoms with Crippen LogP contribution in [0.1, 0.15) is 5.56 Å². The highest BCUT2D eigenvalue weighted by Gasteiger charge is 2.03. The number of halogens is 1. The van der Waals surface area contributed by atoms with Crippen LogP contribution in [0.4, 0.5) is 11.6 Å². The first-order chi connectivity index (χ1) is 12.7. The third kappa shape index (κ3) is 3.73. The Labute approximate surface area is 155 Å². The number of aromatic nitrogens is 2. The molecule has 4 N–H and O–H groups in total. The lowest BCUT2D eigenvalue weighted by Crippen LogP contribution is -2.00. The second-order valence-electron chi connectivity index (χ2n) is 5.92. The van der Waals surface area contributed by atoms with Crippen LogP contribution in [0.25, 0.3) is 11.0 Å². The van der Waals surface area contributed by atoms with Gasteiger partial charge in [-0.3, -0.25) is 0 Å². The van der Waals surface area contributed by atoms with E-state index in [0.29, 0.717) is 29.0 Å². The molecule has 0 unspecified atom stereocenters. The van der Waals surface area contributed by atoms with Crippen LogP contribution in [0, 0.1) is 0 Å². The number of nitrogens with one attached hydrogen (secondary N) is 2. The first-order valence-electron chi connectivity index (χ1n) is 8.17. The Hall–Kier alpha value is -3.18. The van der Waals surface area contributed by atoms with Gasteiger partial charge in [0.05, 0.1) is 11.0 Å². The largest absolute Gasteiger partial charge is 0.457 e. The number of aromatic amines is 1. The third-order valence-electron chi connectivity index (χ3n) is 3.92. The maximum absolute atomic E-state index is 5.97. The number of hydrogen-bond acceptors (Lipinski definition) is 4. The summed E-state index contributed by atoms with van der Waals surface area (Å²) in [5.41, 5.74) is 9.41. The Morgan fingerprint density at radius 2 is 1.85 bits per heavy atom. The van der Waals surface area contributed by atoms with E-state index < -0.39 is 0 Å². The fourth-order valence-corrected chi connectivity index (χ4v) is 2.82. The van der Waals surface area contributed by atoms with Gasteiger partial charge in [0.1, 0.15) is 11.5 Å². The molecule has 4 aromatic rings. The summed E-state index contributed by atoms with van der Waals surface area (Å²) in [6.45, 7) is 0.646. The number of rotatable bonds is 5. The van der Waals surface area contributed by atoms with E-state index in [9.17, 15) is 0 Å². The Bertz CT molecular complexity index is 1040. The highest BCUT2D eigenvalue weighted by Crippen LogP contribution is 2.24. The van der Waals surface area contributed by atoms with Gasteiger partial charge in [0.2, 0.25) is 5.95 Å². The Morgan fingerprint density at radius 3 is 2.65 bits per heavy atom. The topological polar surface area (TPSA) is 76.0 Å². The molecule has 0 atom stereocenters. The maximum atomic E-state index is 5.97. The van der Waals surface area contributed by atoms with Gasteiger partial charge >= 0.3 is 0 Å². The van der Waals surface area contributed by atoms with Gasteiger partial charge in [0.15, 0.2) is 0 Å². The van der Waals surface area contributed by atoms with Crippen molar-refractivity contribution in [3.63, 3.8) is 0 Å². The summed E-state index contributed by atoms with van der Waals surface area (Å²) in [6.07, 6.45) is 0. The second-order valence-corrected chi connectivity index (χ2v) is 6.36. The molecule has 0 aliphatic rings. The molecule has 5 nitrogen and oxygen atoms in total. The molecule has 4 rings (SSSR count). The van der Waals surface area contributed by atoms with Gasteiger partial charge in [0.25, 0.3) is 0 Å². The smallest absolute Gasteiger partial charge is 0.201 e. The molecule has 26 heavy (non-hydrogen) atoms. The Balaban J connectivity index is 1.40. The number of benzene rings is 3. The first-order valence-corrected chi connectivity index (χ1v) is 8.55. The van der Waals surface area contributed by atoms with E-state index in [2.05, 4.69) is 15.3 Å². The zero-order valence-electron chi connectivity index (χ0n) is 13.9. The molecule has 0 saturated heterocycles.